The first kappa shape index (κ1) is 29.2. The van der Waals surface area contributed by atoms with E-state index in [1.807, 2.05) is 0 Å². The van der Waals surface area contributed by atoms with Gasteiger partial charge in [-0.25, -0.2) is 0 Å². The SMILES string of the molecule is CCCCCC(SC(CCCCC)(N1C(C)C1C)N1C(C)C1C)(N1C(C)C1C)N1C(C)C1C.P. The van der Waals surface area contributed by atoms with E-state index in [4.69, 9.17) is 0 Å². The highest BCUT2D eigenvalue weighted by Crippen LogP contribution is 2.64. The normalized spacial score (nSPS) is 47.8. The van der Waals surface area contributed by atoms with Gasteiger partial charge in [0.15, 0.2) is 0 Å². The van der Waals surface area contributed by atoms with Crippen molar-refractivity contribution in [3.63, 3.8) is 0 Å². The van der Waals surface area contributed by atoms with Crippen LogP contribution in [0.25, 0.3) is 0 Å². The molecule has 0 bridgehead atoms. The summed E-state index contributed by atoms with van der Waals surface area (Å²) in [4.78, 5) is 11.9. The number of nitrogens with zero attached hydrogens (tertiary/aromatic N) is 4. The van der Waals surface area contributed by atoms with E-state index in [0.29, 0.717) is 48.3 Å². The van der Waals surface area contributed by atoms with Crippen LogP contribution in [0.5, 0.6) is 0 Å². The highest BCUT2D eigenvalue weighted by atomic mass is 32.2. The second-order valence-corrected chi connectivity index (χ2v) is 13.6. The number of rotatable bonds is 14. The minimum atomic E-state index is 0. The monoisotopic (exact) mass is 512 g/mol. The molecular formula is C28H57N4PS. The zero-order valence-corrected chi connectivity index (χ0v) is 26.4. The van der Waals surface area contributed by atoms with E-state index >= 15 is 0 Å². The second kappa shape index (κ2) is 10.8. The van der Waals surface area contributed by atoms with Crippen LogP contribution in [-0.4, -0.2) is 77.9 Å². The van der Waals surface area contributed by atoms with Gasteiger partial charge in [-0.1, -0.05) is 51.3 Å². The molecule has 9 atom stereocenters. The summed E-state index contributed by atoms with van der Waals surface area (Å²) in [7, 11) is 0. The first-order valence-corrected chi connectivity index (χ1v) is 15.3. The minimum absolute atomic E-state index is 0. The Morgan fingerprint density at radius 1 is 0.471 bits per heavy atom. The largest absolute Gasteiger partial charge is 0.268 e. The maximum absolute atomic E-state index is 2.92. The van der Waals surface area contributed by atoms with E-state index in [9.17, 15) is 0 Å². The highest BCUT2D eigenvalue weighted by molar-refractivity contribution is 8.01. The topological polar surface area (TPSA) is 12.0 Å². The lowest BCUT2D eigenvalue weighted by molar-refractivity contribution is 0.113. The van der Waals surface area contributed by atoms with Crippen LogP contribution in [0.15, 0.2) is 0 Å². The van der Waals surface area contributed by atoms with Crippen LogP contribution >= 0.6 is 21.7 Å². The Balaban J connectivity index is 0.00000324. The lowest BCUT2D eigenvalue weighted by Gasteiger charge is -2.49. The van der Waals surface area contributed by atoms with E-state index in [-0.39, 0.29) is 19.9 Å². The molecule has 4 rings (SSSR count). The third-order valence-electron chi connectivity index (χ3n) is 10.1. The van der Waals surface area contributed by atoms with Crippen molar-refractivity contribution in [2.45, 2.75) is 179 Å². The lowest BCUT2D eigenvalue weighted by Crippen LogP contribution is -2.55. The maximum atomic E-state index is 2.92. The molecule has 34 heavy (non-hydrogen) atoms. The summed E-state index contributed by atoms with van der Waals surface area (Å²) in [6, 6.07) is 5.56. The van der Waals surface area contributed by atoms with Crippen molar-refractivity contribution in [2.24, 2.45) is 0 Å². The minimum Gasteiger partial charge on any atom is -0.268 e. The summed E-state index contributed by atoms with van der Waals surface area (Å²) in [5.74, 6) is 0. The molecule has 0 aromatic rings. The molecule has 4 aliphatic rings. The molecule has 4 heterocycles. The predicted molar refractivity (Wildman–Crippen MR) is 155 cm³/mol. The number of hydrogen-bond donors (Lipinski definition) is 0. The fourth-order valence-corrected chi connectivity index (χ4v) is 9.90. The molecular weight excluding hydrogens is 455 g/mol. The predicted octanol–water partition coefficient (Wildman–Crippen LogP) is 6.62. The Kier molecular flexibility index (Phi) is 9.25. The maximum Gasteiger partial charge on any atom is 0.126 e. The fraction of sp³-hybridized carbons (Fsp3) is 1.00. The summed E-state index contributed by atoms with van der Waals surface area (Å²) in [6.07, 6.45) is 10.6. The average Bonchev–Trinajstić information content (AvgIpc) is 3.74. The molecule has 0 amide bonds. The number of thioether (sulfide) groups is 1. The van der Waals surface area contributed by atoms with Gasteiger partial charge in [0, 0.05) is 48.3 Å². The van der Waals surface area contributed by atoms with Gasteiger partial charge >= 0.3 is 0 Å². The summed E-state index contributed by atoms with van der Waals surface area (Å²) >= 11 is 2.40. The molecule has 0 spiro atoms. The van der Waals surface area contributed by atoms with E-state index in [1.54, 1.807) is 0 Å². The van der Waals surface area contributed by atoms with Crippen LogP contribution < -0.4 is 0 Å². The Morgan fingerprint density at radius 2 is 0.706 bits per heavy atom. The van der Waals surface area contributed by atoms with Gasteiger partial charge in [-0.05, 0) is 81.1 Å². The van der Waals surface area contributed by atoms with Gasteiger partial charge in [-0.3, -0.25) is 19.6 Å². The summed E-state index contributed by atoms with van der Waals surface area (Å²) in [6.45, 7) is 24.5. The molecule has 4 saturated heterocycles. The Hall–Kier alpha value is 0.620. The van der Waals surface area contributed by atoms with Crippen molar-refractivity contribution in [3.05, 3.63) is 0 Å². The lowest BCUT2D eigenvalue weighted by atomic mass is 10.1. The van der Waals surface area contributed by atoms with Gasteiger partial charge in [-0.15, -0.1) is 0 Å². The summed E-state index contributed by atoms with van der Waals surface area (Å²) < 4.78 is 0. The van der Waals surface area contributed by atoms with E-state index in [2.05, 4.69) is 101 Å². The third kappa shape index (κ3) is 4.78. The molecule has 0 saturated carbocycles. The van der Waals surface area contributed by atoms with Crippen molar-refractivity contribution in [1.82, 2.24) is 19.6 Å². The average molecular weight is 513 g/mol. The van der Waals surface area contributed by atoms with Gasteiger partial charge in [0.1, 0.15) is 9.99 Å². The summed E-state index contributed by atoms with van der Waals surface area (Å²) in [5, 5.41) is 0. The van der Waals surface area contributed by atoms with Gasteiger partial charge in [0.2, 0.25) is 0 Å². The molecule has 9 unspecified atom stereocenters. The zero-order valence-electron chi connectivity index (χ0n) is 24.2. The highest BCUT2D eigenvalue weighted by Gasteiger charge is 2.71. The Bertz CT molecular complexity index is 563. The number of unbranched alkanes of at least 4 members (excludes halogenated alkanes) is 4. The quantitative estimate of drug-likeness (QED) is 0.147. The van der Waals surface area contributed by atoms with Crippen molar-refractivity contribution in [1.29, 1.82) is 0 Å². The first-order chi connectivity index (χ1) is 15.6. The van der Waals surface area contributed by atoms with Gasteiger partial charge in [0.05, 0.1) is 0 Å². The van der Waals surface area contributed by atoms with Crippen LogP contribution in [0, 0.1) is 0 Å². The van der Waals surface area contributed by atoms with Gasteiger partial charge in [0.25, 0.3) is 0 Å². The molecule has 200 valence electrons. The van der Waals surface area contributed by atoms with Crippen molar-refractivity contribution >= 4 is 21.7 Å². The Labute approximate surface area is 219 Å². The molecule has 0 aromatic carbocycles. The summed E-state index contributed by atoms with van der Waals surface area (Å²) in [5.41, 5.74) is 0. The standard InChI is InChI=1S/C28H54N4S.H3P/c1-11-13-15-17-27(29-19(3)20(29)4,30-21(5)22(30)6)33-28(18-16-14-12-2,31-23(7)24(31)8)32-25(9)26(32)10;/h19-26H,11-18H2,1-10H3;1H3. The van der Waals surface area contributed by atoms with Gasteiger partial charge < -0.3 is 0 Å². The molecule has 0 N–H and O–H groups in total. The van der Waals surface area contributed by atoms with Crippen LogP contribution in [-0.2, 0) is 0 Å². The molecule has 0 radical (unpaired) electrons. The van der Waals surface area contributed by atoms with Crippen LogP contribution in [0.2, 0.25) is 0 Å². The molecule has 0 aromatic heterocycles. The van der Waals surface area contributed by atoms with Crippen LogP contribution in [0.3, 0.4) is 0 Å². The molecule has 6 heteroatoms. The molecule has 0 aliphatic carbocycles. The van der Waals surface area contributed by atoms with Crippen molar-refractivity contribution in [3.8, 4) is 0 Å². The van der Waals surface area contributed by atoms with Crippen LogP contribution in [0.1, 0.15) is 121 Å². The van der Waals surface area contributed by atoms with Crippen molar-refractivity contribution < 1.29 is 0 Å². The smallest absolute Gasteiger partial charge is 0.126 e. The van der Waals surface area contributed by atoms with E-state index in [0.717, 1.165) is 0 Å². The molecule has 4 nitrogen and oxygen atoms in total. The second-order valence-electron chi connectivity index (χ2n) is 12.1. The van der Waals surface area contributed by atoms with Crippen LogP contribution in [0.4, 0.5) is 0 Å². The third-order valence-corrected chi connectivity index (χ3v) is 12.0. The zero-order chi connectivity index (χ0) is 24.3. The molecule has 4 fully saturated rings. The fourth-order valence-electron chi connectivity index (χ4n) is 7.13. The van der Waals surface area contributed by atoms with E-state index in [1.165, 1.54) is 51.4 Å². The van der Waals surface area contributed by atoms with Crippen molar-refractivity contribution in [2.75, 3.05) is 0 Å². The Morgan fingerprint density at radius 3 is 0.882 bits per heavy atom. The molecule has 4 aliphatic heterocycles. The first-order valence-electron chi connectivity index (χ1n) is 14.4. The number of hydrogen-bond acceptors (Lipinski definition) is 5. The van der Waals surface area contributed by atoms with Gasteiger partial charge in [-0.2, -0.15) is 9.90 Å². The van der Waals surface area contributed by atoms with E-state index < -0.39 is 0 Å².